The van der Waals surface area contributed by atoms with Crippen LogP contribution in [0, 0.1) is 0 Å². The molecule has 5 atom stereocenters. The lowest BCUT2D eigenvalue weighted by Gasteiger charge is -2.24. The quantitative estimate of drug-likeness (QED) is 0.0115. The van der Waals surface area contributed by atoms with Crippen molar-refractivity contribution in [1.82, 2.24) is 0 Å². The van der Waals surface area contributed by atoms with Crippen LogP contribution in [0.2, 0.25) is 0 Å². The molecule has 0 aromatic carbocycles. The number of rotatable bonds is 40. The van der Waals surface area contributed by atoms with E-state index < -0.39 is 50.8 Å². The first-order valence-electron chi connectivity index (χ1n) is 23.0. The average Bonchev–Trinajstić information content (AvgIpc) is 3.20. The van der Waals surface area contributed by atoms with Gasteiger partial charge in [-0.3, -0.25) is 18.6 Å². The fraction of sp³-hybridized carbons (Fsp3) is 0.708. The summed E-state index contributed by atoms with van der Waals surface area (Å²) in [5, 5.41) is 30.1. The van der Waals surface area contributed by atoms with Gasteiger partial charge >= 0.3 is 19.8 Å². The number of allylic oxidation sites excluding steroid dienone is 8. The lowest BCUT2D eigenvalue weighted by atomic mass is 10.0. The van der Waals surface area contributed by atoms with E-state index >= 15 is 0 Å². The van der Waals surface area contributed by atoms with E-state index in [0.29, 0.717) is 36.7 Å². The standard InChI is InChI=1S/C48H84NO11P/c1-6-8-10-11-12-13-14-15-16-17-18-19-20-25-31-37-47(53)57-41-44(42-59-61(55,56)58-40-39-49(3,4)5)60-48(54)38-32-26-29-34-43(50)33-28-23-21-22-24-30-36-46(52)45(51)35-27-9-7-2/h9,21-24,26-30,33,36,43-46,50-52H,6-8,10-20,25,31-32,34-35,37-42H2,1-5H3/p+1/b23-21+,24-22-,27-9-,29-26+,33-28+,36-30+. The maximum absolute atomic E-state index is 12.7. The number of nitrogens with zero attached hydrogens (tertiary/aromatic N) is 1. The van der Waals surface area contributed by atoms with Gasteiger partial charge in [0.2, 0.25) is 0 Å². The van der Waals surface area contributed by atoms with Crippen molar-refractivity contribution in [3.05, 3.63) is 72.9 Å². The van der Waals surface area contributed by atoms with E-state index in [0.717, 1.165) is 25.7 Å². The number of quaternary nitrogens is 1. The minimum Gasteiger partial charge on any atom is -0.462 e. The molecule has 0 spiro atoms. The second kappa shape index (κ2) is 39.0. The van der Waals surface area contributed by atoms with Crippen LogP contribution in [0.25, 0.3) is 0 Å². The highest BCUT2D eigenvalue weighted by atomic mass is 31.2. The van der Waals surface area contributed by atoms with Crippen LogP contribution < -0.4 is 0 Å². The summed E-state index contributed by atoms with van der Waals surface area (Å²) in [5.74, 6) is -1.03. The number of hydrogen-bond donors (Lipinski definition) is 4. The first-order valence-corrected chi connectivity index (χ1v) is 24.5. The summed E-state index contributed by atoms with van der Waals surface area (Å²) in [5.41, 5.74) is 0. The minimum absolute atomic E-state index is 0.00178. The van der Waals surface area contributed by atoms with Crippen molar-refractivity contribution in [2.24, 2.45) is 0 Å². The highest BCUT2D eigenvalue weighted by Crippen LogP contribution is 2.43. The summed E-state index contributed by atoms with van der Waals surface area (Å²) in [6, 6.07) is 0. The first-order chi connectivity index (χ1) is 29.2. The maximum Gasteiger partial charge on any atom is 0.472 e. The Labute approximate surface area is 369 Å². The molecule has 352 valence electrons. The Morgan fingerprint density at radius 2 is 1.16 bits per heavy atom. The number of esters is 2. The van der Waals surface area contributed by atoms with E-state index in [9.17, 15) is 34.4 Å². The molecule has 0 aromatic rings. The van der Waals surface area contributed by atoms with Crippen LogP contribution in [-0.4, -0.2) is 109 Å². The fourth-order valence-corrected chi connectivity index (χ4v) is 6.58. The predicted octanol–water partition coefficient (Wildman–Crippen LogP) is 9.93. The van der Waals surface area contributed by atoms with Crippen molar-refractivity contribution in [2.45, 2.75) is 173 Å². The van der Waals surface area contributed by atoms with Gasteiger partial charge in [0, 0.05) is 12.8 Å². The van der Waals surface area contributed by atoms with Crippen molar-refractivity contribution >= 4 is 19.8 Å². The Morgan fingerprint density at radius 1 is 0.623 bits per heavy atom. The van der Waals surface area contributed by atoms with Crippen LogP contribution in [-0.2, 0) is 32.7 Å². The van der Waals surface area contributed by atoms with Gasteiger partial charge in [-0.05, 0) is 32.1 Å². The molecule has 4 N–H and O–H groups in total. The summed E-state index contributed by atoms with van der Waals surface area (Å²) in [6.07, 6.45) is 37.7. The maximum atomic E-state index is 12.7. The predicted molar refractivity (Wildman–Crippen MR) is 247 cm³/mol. The summed E-state index contributed by atoms with van der Waals surface area (Å²) in [7, 11) is 1.31. The topological polar surface area (TPSA) is 169 Å². The molecule has 12 nitrogen and oxygen atoms in total. The number of likely N-dealkylation sites (N-methyl/N-ethyl adjacent to an activating group) is 1. The largest absolute Gasteiger partial charge is 0.472 e. The van der Waals surface area contributed by atoms with Gasteiger partial charge in [-0.15, -0.1) is 0 Å². The van der Waals surface area contributed by atoms with Gasteiger partial charge in [0.1, 0.15) is 19.8 Å². The lowest BCUT2D eigenvalue weighted by molar-refractivity contribution is -0.870. The van der Waals surface area contributed by atoms with Crippen molar-refractivity contribution in [1.29, 1.82) is 0 Å². The molecule has 0 aromatic heterocycles. The molecule has 0 heterocycles. The van der Waals surface area contributed by atoms with E-state index in [1.165, 1.54) is 76.7 Å². The minimum atomic E-state index is -4.45. The Kier molecular flexibility index (Phi) is 37.3. The second-order valence-electron chi connectivity index (χ2n) is 16.6. The molecule has 0 aliphatic rings. The highest BCUT2D eigenvalue weighted by molar-refractivity contribution is 7.47. The molecule has 0 radical (unpaired) electrons. The molecular formula is C48H85NO11P+. The third-order valence-corrected chi connectivity index (χ3v) is 10.6. The number of aliphatic hydroxyl groups excluding tert-OH is 3. The molecule has 13 heteroatoms. The number of carbonyl (C=O) groups is 2. The number of phosphoric ester groups is 1. The number of aliphatic hydroxyl groups is 3. The van der Waals surface area contributed by atoms with Gasteiger partial charge in [0.25, 0.3) is 0 Å². The van der Waals surface area contributed by atoms with Crippen LogP contribution in [0.3, 0.4) is 0 Å². The van der Waals surface area contributed by atoms with Crippen LogP contribution >= 0.6 is 7.82 Å². The lowest BCUT2D eigenvalue weighted by Crippen LogP contribution is -2.37. The molecule has 0 bridgehead atoms. The molecule has 0 amide bonds. The Morgan fingerprint density at radius 3 is 1.74 bits per heavy atom. The van der Waals surface area contributed by atoms with Gasteiger partial charge < -0.3 is 34.2 Å². The van der Waals surface area contributed by atoms with Crippen molar-refractivity contribution in [3.8, 4) is 0 Å². The van der Waals surface area contributed by atoms with E-state index in [1.807, 2.05) is 40.2 Å². The number of carbonyl (C=O) groups excluding carboxylic acids is 2. The Bertz CT molecular complexity index is 1320. The number of ether oxygens (including phenoxy) is 2. The summed E-state index contributed by atoms with van der Waals surface area (Å²) in [6.45, 7) is 3.89. The van der Waals surface area contributed by atoms with Crippen LogP contribution in [0.5, 0.6) is 0 Å². The monoisotopic (exact) mass is 883 g/mol. The molecular weight excluding hydrogens is 797 g/mol. The third-order valence-electron chi connectivity index (χ3n) is 9.58. The molecule has 61 heavy (non-hydrogen) atoms. The van der Waals surface area contributed by atoms with Crippen molar-refractivity contribution in [3.63, 3.8) is 0 Å². The molecule has 0 saturated carbocycles. The second-order valence-corrected chi connectivity index (χ2v) is 18.1. The number of hydrogen-bond acceptors (Lipinski definition) is 10. The van der Waals surface area contributed by atoms with Crippen molar-refractivity contribution in [2.75, 3.05) is 47.5 Å². The van der Waals surface area contributed by atoms with Crippen LogP contribution in [0.15, 0.2) is 72.9 Å². The first kappa shape index (κ1) is 58.3. The zero-order chi connectivity index (χ0) is 45.5. The van der Waals surface area contributed by atoms with Gasteiger partial charge in [-0.2, -0.15) is 0 Å². The van der Waals surface area contributed by atoms with Gasteiger partial charge in [0.15, 0.2) is 6.10 Å². The summed E-state index contributed by atoms with van der Waals surface area (Å²) >= 11 is 0. The molecule has 0 rings (SSSR count). The highest BCUT2D eigenvalue weighted by Gasteiger charge is 2.27. The summed E-state index contributed by atoms with van der Waals surface area (Å²) in [4.78, 5) is 35.4. The Balaban J connectivity index is 4.66. The average molecular weight is 883 g/mol. The van der Waals surface area contributed by atoms with E-state index in [1.54, 1.807) is 54.7 Å². The van der Waals surface area contributed by atoms with Crippen LogP contribution in [0.4, 0.5) is 0 Å². The van der Waals surface area contributed by atoms with Crippen molar-refractivity contribution < 1.29 is 57.4 Å². The molecule has 0 fully saturated rings. The SMILES string of the molecule is CC/C=C\CC(O)C(O)/C=C/C=C\C=C\C=C\C(O)C/C=C/CCC(=O)OC(COC(=O)CCCCCCCCCCCCCCCCC)COP(=O)(O)OCC[N+](C)(C)C. The normalized spacial score (nSPS) is 15.8. The number of unbranched alkanes of at least 4 members (excludes halogenated alkanes) is 14. The number of phosphoric acid groups is 1. The van der Waals surface area contributed by atoms with Crippen LogP contribution in [0.1, 0.15) is 149 Å². The zero-order valence-electron chi connectivity index (χ0n) is 38.5. The summed E-state index contributed by atoms with van der Waals surface area (Å²) < 4.78 is 34.1. The zero-order valence-corrected chi connectivity index (χ0v) is 39.4. The smallest absolute Gasteiger partial charge is 0.462 e. The molecule has 0 aliphatic heterocycles. The molecule has 0 saturated heterocycles. The fourth-order valence-electron chi connectivity index (χ4n) is 5.83. The molecule has 0 aliphatic carbocycles. The van der Waals surface area contributed by atoms with E-state index in [-0.39, 0.29) is 26.1 Å². The Hall–Kier alpha value is -2.67. The van der Waals surface area contributed by atoms with E-state index in [4.69, 9.17) is 18.5 Å². The van der Waals surface area contributed by atoms with E-state index in [2.05, 4.69) is 6.92 Å². The molecule has 5 unspecified atom stereocenters. The van der Waals surface area contributed by atoms with Gasteiger partial charge in [-0.1, -0.05) is 177 Å². The van der Waals surface area contributed by atoms with Gasteiger partial charge in [-0.25, -0.2) is 4.57 Å². The third kappa shape index (κ3) is 41.1. The van der Waals surface area contributed by atoms with Gasteiger partial charge in [0.05, 0.1) is 46.1 Å².